The summed E-state index contributed by atoms with van der Waals surface area (Å²) < 4.78 is 0. The summed E-state index contributed by atoms with van der Waals surface area (Å²) >= 11 is 0. The van der Waals surface area contributed by atoms with Gasteiger partial charge in [-0.25, -0.2) is 0 Å². The van der Waals surface area contributed by atoms with Crippen LogP contribution in [0.1, 0.15) is 20.8 Å². The number of rotatable bonds is 3. The van der Waals surface area contributed by atoms with Crippen LogP contribution in [-0.2, 0) is 0 Å². The normalized spacial score (nSPS) is 11.8. The second-order valence-corrected chi connectivity index (χ2v) is 3.19. The first kappa shape index (κ1) is 13.9. The monoisotopic (exact) mass is 211 g/mol. The summed E-state index contributed by atoms with van der Waals surface area (Å²) in [5, 5.41) is 17.6. The lowest BCUT2D eigenvalue weighted by atomic mass is 10.3. The molecule has 1 aromatic carbocycles. The van der Waals surface area contributed by atoms with E-state index >= 15 is 0 Å². The number of benzene rings is 1. The molecule has 0 aliphatic heterocycles. The van der Waals surface area contributed by atoms with Crippen molar-refractivity contribution in [3.63, 3.8) is 0 Å². The molecule has 0 radical (unpaired) electrons. The molecule has 1 rings (SSSR count). The minimum absolute atomic E-state index is 0.287. The summed E-state index contributed by atoms with van der Waals surface area (Å²) in [6.45, 7) is 7.71. The second-order valence-electron chi connectivity index (χ2n) is 3.19. The predicted octanol–water partition coefficient (Wildman–Crippen LogP) is 2.06. The molecule has 0 fully saturated rings. The van der Waals surface area contributed by atoms with Gasteiger partial charge in [0, 0.05) is 0 Å². The van der Waals surface area contributed by atoms with Crippen LogP contribution in [0.5, 0.6) is 5.75 Å². The number of aromatic hydroxyl groups is 1. The first-order valence-corrected chi connectivity index (χ1v) is 5.27. The van der Waals surface area contributed by atoms with Gasteiger partial charge >= 0.3 is 0 Å². The highest BCUT2D eigenvalue weighted by molar-refractivity contribution is 5.18. The maximum Gasteiger partial charge on any atom is 0.115 e. The van der Waals surface area contributed by atoms with Crippen molar-refractivity contribution in [3.05, 3.63) is 30.3 Å². The van der Waals surface area contributed by atoms with Crippen molar-refractivity contribution in [2.75, 3.05) is 13.1 Å². The summed E-state index contributed by atoms with van der Waals surface area (Å²) in [6.07, 6.45) is -0.287. The number of hydrogen-bond donors (Lipinski definition) is 2. The molecule has 0 spiro atoms. The van der Waals surface area contributed by atoms with Crippen LogP contribution in [0.15, 0.2) is 30.3 Å². The fourth-order valence-electron chi connectivity index (χ4n) is 1.18. The van der Waals surface area contributed by atoms with Gasteiger partial charge in [-0.1, -0.05) is 32.0 Å². The molecule has 0 aliphatic rings. The van der Waals surface area contributed by atoms with Crippen LogP contribution in [-0.4, -0.2) is 34.4 Å². The molecule has 86 valence electrons. The van der Waals surface area contributed by atoms with E-state index in [1.54, 1.807) is 31.2 Å². The Balaban J connectivity index is 0.000000262. The average Bonchev–Trinajstić information content (AvgIpc) is 2.21. The number of phenolic OH excluding ortho intramolecular Hbond substituents is 1. The molecular weight excluding hydrogens is 190 g/mol. The largest absolute Gasteiger partial charge is 0.508 e. The van der Waals surface area contributed by atoms with E-state index in [1.165, 1.54) is 0 Å². The number of aliphatic hydroxyl groups excluding tert-OH is 1. The highest BCUT2D eigenvalue weighted by Crippen LogP contribution is 2.02. The SMILES string of the molecule is CCN(CC)C(C)O.Oc1ccccc1. The van der Waals surface area contributed by atoms with Gasteiger partial charge in [-0.3, -0.25) is 4.90 Å². The summed E-state index contributed by atoms with van der Waals surface area (Å²) in [4.78, 5) is 1.97. The summed E-state index contributed by atoms with van der Waals surface area (Å²) in [5.41, 5.74) is 0. The molecule has 0 amide bonds. The molecule has 1 aromatic rings. The van der Waals surface area contributed by atoms with Crippen molar-refractivity contribution in [1.29, 1.82) is 0 Å². The van der Waals surface area contributed by atoms with Crippen LogP contribution >= 0.6 is 0 Å². The van der Waals surface area contributed by atoms with Crippen molar-refractivity contribution in [2.45, 2.75) is 27.0 Å². The van der Waals surface area contributed by atoms with E-state index in [2.05, 4.69) is 0 Å². The maximum absolute atomic E-state index is 8.94. The molecule has 0 aromatic heterocycles. The lowest BCUT2D eigenvalue weighted by Gasteiger charge is -2.20. The molecule has 1 unspecified atom stereocenters. The number of nitrogens with zero attached hydrogens (tertiary/aromatic N) is 1. The van der Waals surface area contributed by atoms with Crippen molar-refractivity contribution < 1.29 is 10.2 Å². The third-order valence-corrected chi connectivity index (χ3v) is 2.10. The smallest absolute Gasteiger partial charge is 0.115 e. The average molecular weight is 211 g/mol. The summed E-state index contributed by atoms with van der Waals surface area (Å²) in [5.74, 6) is 0.322. The zero-order chi connectivity index (χ0) is 11.7. The van der Waals surface area contributed by atoms with Crippen LogP contribution in [0, 0.1) is 0 Å². The lowest BCUT2D eigenvalue weighted by Crippen LogP contribution is -2.32. The van der Waals surface area contributed by atoms with Gasteiger partial charge in [0.2, 0.25) is 0 Å². The Bertz CT molecular complexity index is 233. The minimum atomic E-state index is -0.287. The van der Waals surface area contributed by atoms with E-state index in [0.29, 0.717) is 5.75 Å². The molecule has 0 bridgehead atoms. The zero-order valence-electron chi connectivity index (χ0n) is 9.72. The van der Waals surface area contributed by atoms with Gasteiger partial charge in [0.25, 0.3) is 0 Å². The van der Waals surface area contributed by atoms with E-state index < -0.39 is 0 Å². The molecule has 0 aliphatic carbocycles. The molecule has 0 heterocycles. The zero-order valence-corrected chi connectivity index (χ0v) is 9.72. The molecular formula is C12H21NO2. The van der Waals surface area contributed by atoms with Crippen LogP contribution in [0.4, 0.5) is 0 Å². The third kappa shape index (κ3) is 6.94. The van der Waals surface area contributed by atoms with Crippen molar-refractivity contribution in [2.24, 2.45) is 0 Å². The fraction of sp³-hybridized carbons (Fsp3) is 0.500. The molecule has 1 atom stereocenters. The molecule has 0 saturated heterocycles. The highest BCUT2D eigenvalue weighted by Gasteiger charge is 2.02. The van der Waals surface area contributed by atoms with E-state index in [-0.39, 0.29) is 6.23 Å². The van der Waals surface area contributed by atoms with Crippen LogP contribution < -0.4 is 0 Å². The Morgan fingerprint density at radius 2 is 1.60 bits per heavy atom. The van der Waals surface area contributed by atoms with E-state index in [4.69, 9.17) is 10.2 Å². The molecule has 15 heavy (non-hydrogen) atoms. The maximum atomic E-state index is 8.94. The van der Waals surface area contributed by atoms with Gasteiger partial charge in [0.1, 0.15) is 12.0 Å². The molecule has 0 saturated carbocycles. The van der Waals surface area contributed by atoms with Gasteiger partial charge in [0.05, 0.1) is 0 Å². The van der Waals surface area contributed by atoms with Crippen LogP contribution in [0.3, 0.4) is 0 Å². The minimum Gasteiger partial charge on any atom is -0.508 e. The van der Waals surface area contributed by atoms with E-state index in [0.717, 1.165) is 13.1 Å². The number of phenols is 1. The Morgan fingerprint density at radius 1 is 1.13 bits per heavy atom. The number of para-hydroxylation sites is 1. The highest BCUT2D eigenvalue weighted by atomic mass is 16.3. The first-order chi connectivity index (χ1) is 7.11. The van der Waals surface area contributed by atoms with E-state index in [1.807, 2.05) is 24.8 Å². The van der Waals surface area contributed by atoms with Gasteiger partial charge in [-0.05, 0) is 32.1 Å². The lowest BCUT2D eigenvalue weighted by molar-refractivity contribution is 0.0265. The van der Waals surface area contributed by atoms with Gasteiger partial charge in [0.15, 0.2) is 0 Å². The Hall–Kier alpha value is -1.06. The molecule has 3 heteroatoms. The second kappa shape index (κ2) is 8.26. The van der Waals surface area contributed by atoms with Gasteiger partial charge in [-0.2, -0.15) is 0 Å². The number of aliphatic hydroxyl groups is 1. The summed E-state index contributed by atoms with van der Waals surface area (Å²) in [6, 6.07) is 8.71. The standard InChI is InChI=1S/C6H15NO.C6H6O/c1-4-7(5-2)6(3)8;7-6-4-2-1-3-5-6/h6,8H,4-5H2,1-3H3;1-5,7H. The molecule has 3 nitrogen and oxygen atoms in total. The Labute approximate surface area is 92.0 Å². The van der Waals surface area contributed by atoms with Crippen LogP contribution in [0.25, 0.3) is 0 Å². The first-order valence-electron chi connectivity index (χ1n) is 5.27. The Kier molecular flexibility index (Phi) is 7.68. The number of hydrogen-bond acceptors (Lipinski definition) is 3. The van der Waals surface area contributed by atoms with Crippen LogP contribution in [0.2, 0.25) is 0 Å². The summed E-state index contributed by atoms with van der Waals surface area (Å²) in [7, 11) is 0. The van der Waals surface area contributed by atoms with Gasteiger partial charge in [-0.15, -0.1) is 0 Å². The fourth-order valence-corrected chi connectivity index (χ4v) is 1.18. The van der Waals surface area contributed by atoms with Crippen molar-refractivity contribution in [3.8, 4) is 5.75 Å². The predicted molar refractivity (Wildman–Crippen MR) is 62.7 cm³/mol. The van der Waals surface area contributed by atoms with Gasteiger partial charge < -0.3 is 10.2 Å². The van der Waals surface area contributed by atoms with Crippen molar-refractivity contribution >= 4 is 0 Å². The Morgan fingerprint density at radius 3 is 1.73 bits per heavy atom. The topological polar surface area (TPSA) is 43.7 Å². The van der Waals surface area contributed by atoms with Crippen molar-refractivity contribution in [1.82, 2.24) is 4.90 Å². The third-order valence-electron chi connectivity index (χ3n) is 2.10. The molecule has 2 N–H and O–H groups in total. The quantitative estimate of drug-likeness (QED) is 0.752. The van der Waals surface area contributed by atoms with E-state index in [9.17, 15) is 0 Å².